The minimum Gasteiger partial charge on any atom is -0.462 e. The van der Waals surface area contributed by atoms with Crippen LogP contribution in [0, 0.1) is 10.1 Å². The SMILES string of the molecule is CCOC(=O)c1c(NC(=O)c2ccc(N3CC[NH+](CC)CC3)c([N+](=O)[O-])c2)sc2c1CCCC2. The zero-order chi connectivity index (χ0) is 24.2. The van der Waals surface area contributed by atoms with Gasteiger partial charge in [-0.25, -0.2) is 4.79 Å². The molecule has 1 saturated heterocycles. The number of carbonyl (C=O) groups is 2. The number of thiophene rings is 1. The summed E-state index contributed by atoms with van der Waals surface area (Å²) in [4.78, 5) is 41.8. The summed E-state index contributed by atoms with van der Waals surface area (Å²) in [5, 5.41) is 15.1. The van der Waals surface area contributed by atoms with E-state index in [1.54, 1.807) is 19.1 Å². The average Bonchev–Trinajstić information content (AvgIpc) is 3.21. The van der Waals surface area contributed by atoms with E-state index >= 15 is 0 Å². The lowest BCUT2D eigenvalue weighted by Crippen LogP contribution is -3.14. The third kappa shape index (κ3) is 4.92. The van der Waals surface area contributed by atoms with Crippen LogP contribution in [0.5, 0.6) is 0 Å². The highest BCUT2D eigenvalue weighted by molar-refractivity contribution is 7.17. The van der Waals surface area contributed by atoms with Crippen LogP contribution in [0.4, 0.5) is 16.4 Å². The number of quaternary nitrogens is 1. The number of piperazine rings is 1. The summed E-state index contributed by atoms with van der Waals surface area (Å²) in [7, 11) is 0. The number of nitrogens with zero attached hydrogens (tertiary/aromatic N) is 2. The van der Waals surface area contributed by atoms with E-state index < -0.39 is 16.8 Å². The van der Waals surface area contributed by atoms with E-state index in [1.807, 2.05) is 4.90 Å². The largest absolute Gasteiger partial charge is 0.462 e. The van der Waals surface area contributed by atoms with Gasteiger partial charge in [0, 0.05) is 16.5 Å². The molecular weight excluding hydrogens is 456 g/mol. The molecule has 2 aliphatic rings. The molecular formula is C24H31N4O5S+. The number of carbonyl (C=O) groups excluding carboxylic acids is 2. The number of esters is 1. The minimum absolute atomic E-state index is 0.0799. The van der Waals surface area contributed by atoms with E-state index in [0.29, 0.717) is 16.3 Å². The zero-order valence-electron chi connectivity index (χ0n) is 19.6. The van der Waals surface area contributed by atoms with Crippen LogP contribution in [0.2, 0.25) is 0 Å². The molecule has 1 aliphatic heterocycles. The number of fused-ring (bicyclic) bond motifs is 1. The van der Waals surface area contributed by atoms with Gasteiger partial charge in [-0.1, -0.05) is 0 Å². The molecule has 10 heteroatoms. The molecule has 1 aromatic carbocycles. The first-order valence-corrected chi connectivity index (χ1v) is 12.7. The van der Waals surface area contributed by atoms with Crippen molar-refractivity contribution in [3.63, 3.8) is 0 Å². The Labute approximate surface area is 202 Å². The fraction of sp³-hybridized carbons (Fsp3) is 0.500. The Morgan fingerprint density at radius 2 is 1.94 bits per heavy atom. The number of hydrogen-bond donors (Lipinski definition) is 2. The molecule has 1 amide bonds. The van der Waals surface area contributed by atoms with Crippen LogP contribution < -0.4 is 15.1 Å². The Morgan fingerprint density at radius 3 is 2.62 bits per heavy atom. The molecule has 34 heavy (non-hydrogen) atoms. The van der Waals surface area contributed by atoms with Crippen molar-refractivity contribution in [1.29, 1.82) is 0 Å². The predicted molar refractivity (Wildman–Crippen MR) is 131 cm³/mol. The van der Waals surface area contributed by atoms with E-state index in [0.717, 1.165) is 68.8 Å². The van der Waals surface area contributed by atoms with E-state index in [2.05, 4.69) is 12.2 Å². The Hall–Kier alpha value is -2.98. The van der Waals surface area contributed by atoms with Crippen LogP contribution in [0.25, 0.3) is 0 Å². The van der Waals surface area contributed by atoms with Crippen molar-refractivity contribution in [2.24, 2.45) is 0 Å². The summed E-state index contributed by atoms with van der Waals surface area (Å²) in [5.74, 6) is -0.911. The van der Waals surface area contributed by atoms with Crippen molar-refractivity contribution in [3.8, 4) is 0 Å². The maximum Gasteiger partial charge on any atom is 0.341 e. The Bertz CT molecular complexity index is 1090. The summed E-state index contributed by atoms with van der Waals surface area (Å²) in [6.45, 7) is 8.49. The van der Waals surface area contributed by atoms with Crippen molar-refractivity contribution >= 4 is 39.6 Å². The molecule has 1 fully saturated rings. The second kappa shape index (κ2) is 10.5. The number of ether oxygens (including phenoxy) is 1. The number of aryl methyl sites for hydroxylation is 1. The van der Waals surface area contributed by atoms with Crippen LogP contribution in [0.15, 0.2) is 18.2 Å². The molecule has 0 bridgehead atoms. The maximum absolute atomic E-state index is 13.1. The smallest absolute Gasteiger partial charge is 0.341 e. The second-order valence-corrected chi connectivity index (χ2v) is 9.75. The molecule has 0 unspecified atom stereocenters. The molecule has 182 valence electrons. The molecule has 1 aromatic heterocycles. The van der Waals surface area contributed by atoms with Gasteiger partial charge in [0.1, 0.15) is 10.7 Å². The maximum atomic E-state index is 13.1. The number of benzene rings is 1. The fourth-order valence-corrected chi connectivity index (χ4v) is 6.02. The highest BCUT2D eigenvalue weighted by Crippen LogP contribution is 2.39. The molecule has 0 radical (unpaired) electrons. The number of nitrogens with one attached hydrogen (secondary N) is 2. The van der Waals surface area contributed by atoms with Gasteiger partial charge in [0.05, 0.1) is 49.8 Å². The Morgan fingerprint density at radius 1 is 1.21 bits per heavy atom. The summed E-state index contributed by atoms with van der Waals surface area (Å²) in [6, 6.07) is 4.62. The van der Waals surface area contributed by atoms with Gasteiger partial charge in [-0.05, 0) is 57.2 Å². The summed E-state index contributed by atoms with van der Waals surface area (Å²) in [6.07, 6.45) is 3.69. The summed E-state index contributed by atoms with van der Waals surface area (Å²) < 4.78 is 5.25. The molecule has 2 N–H and O–H groups in total. The number of rotatable bonds is 7. The van der Waals surface area contributed by atoms with Crippen molar-refractivity contribution in [3.05, 3.63) is 49.9 Å². The highest BCUT2D eigenvalue weighted by Gasteiger charge is 2.29. The first kappa shape index (κ1) is 24.2. The van der Waals surface area contributed by atoms with Crippen molar-refractivity contribution in [2.45, 2.75) is 39.5 Å². The number of hydrogen-bond acceptors (Lipinski definition) is 7. The fourth-order valence-electron chi connectivity index (χ4n) is 4.74. The lowest BCUT2D eigenvalue weighted by atomic mass is 9.95. The first-order chi connectivity index (χ1) is 16.4. The van der Waals surface area contributed by atoms with Gasteiger partial charge in [0.25, 0.3) is 11.6 Å². The molecule has 0 saturated carbocycles. The molecule has 9 nitrogen and oxygen atoms in total. The zero-order valence-corrected chi connectivity index (χ0v) is 20.5. The summed E-state index contributed by atoms with van der Waals surface area (Å²) >= 11 is 1.40. The average molecular weight is 488 g/mol. The van der Waals surface area contributed by atoms with Gasteiger partial charge in [-0.2, -0.15) is 0 Å². The number of nitro groups is 1. The monoisotopic (exact) mass is 487 g/mol. The van der Waals surface area contributed by atoms with Gasteiger partial charge in [0.15, 0.2) is 0 Å². The van der Waals surface area contributed by atoms with E-state index in [1.165, 1.54) is 22.3 Å². The van der Waals surface area contributed by atoms with Crippen molar-refractivity contribution in [2.75, 3.05) is 49.5 Å². The van der Waals surface area contributed by atoms with Crippen LogP contribution in [-0.4, -0.2) is 56.1 Å². The standard InChI is InChI=1S/C24H30N4O5S/c1-3-26-11-13-27(14-12-26)18-10-9-16(15-19(18)28(31)32)22(29)25-23-21(24(30)33-4-2)17-7-5-6-8-20(17)34-23/h9-10,15H,3-8,11-14H2,1-2H3,(H,25,29)/p+1. The van der Waals surface area contributed by atoms with Gasteiger partial charge < -0.3 is 19.9 Å². The quantitative estimate of drug-likeness (QED) is 0.353. The molecule has 2 aromatic rings. The number of anilines is 2. The van der Waals surface area contributed by atoms with Gasteiger partial charge in [0.2, 0.25) is 0 Å². The second-order valence-electron chi connectivity index (χ2n) is 8.64. The first-order valence-electron chi connectivity index (χ1n) is 11.9. The van der Waals surface area contributed by atoms with Crippen LogP contribution in [0.1, 0.15) is 57.8 Å². The molecule has 0 atom stereocenters. The molecule has 0 spiro atoms. The highest BCUT2D eigenvalue weighted by atomic mass is 32.1. The Kier molecular flexibility index (Phi) is 7.47. The van der Waals surface area contributed by atoms with Crippen LogP contribution in [-0.2, 0) is 17.6 Å². The number of nitro benzene ring substituents is 1. The number of amides is 1. The third-order valence-corrected chi connectivity index (χ3v) is 7.83. The predicted octanol–water partition coefficient (Wildman–Crippen LogP) is 2.69. The van der Waals surface area contributed by atoms with Crippen molar-refractivity contribution < 1.29 is 24.1 Å². The minimum atomic E-state index is -0.473. The lowest BCUT2D eigenvalue weighted by Gasteiger charge is -2.32. The van der Waals surface area contributed by atoms with Crippen molar-refractivity contribution in [1.82, 2.24) is 0 Å². The normalized spacial score (nSPS) is 16.1. The third-order valence-electron chi connectivity index (χ3n) is 6.62. The van der Waals surface area contributed by atoms with Gasteiger partial charge in [-0.15, -0.1) is 11.3 Å². The lowest BCUT2D eigenvalue weighted by molar-refractivity contribution is -0.898. The molecule has 1 aliphatic carbocycles. The summed E-state index contributed by atoms with van der Waals surface area (Å²) in [5.41, 5.74) is 2.03. The van der Waals surface area contributed by atoms with E-state index in [-0.39, 0.29) is 17.9 Å². The van der Waals surface area contributed by atoms with E-state index in [4.69, 9.17) is 4.74 Å². The van der Waals surface area contributed by atoms with Gasteiger partial charge >= 0.3 is 5.97 Å². The molecule has 4 rings (SSSR count). The molecule has 2 heterocycles. The Balaban J connectivity index is 1.59. The van der Waals surface area contributed by atoms with Crippen LogP contribution in [0.3, 0.4) is 0 Å². The van der Waals surface area contributed by atoms with E-state index in [9.17, 15) is 19.7 Å². The number of likely N-dealkylation sites (N-methyl/N-ethyl adjacent to an activating group) is 1. The van der Waals surface area contributed by atoms with Gasteiger partial charge in [-0.3, -0.25) is 14.9 Å². The topological polar surface area (TPSA) is 106 Å². The van der Waals surface area contributed by atoms with Crippen LogP contribution >= 0.6 is 11.3 Å².